The molecule has 0 aliphatic carbocycles. The highest BCUT2D eigenvalue weighted by Crippen LogP contribution is 2.29. The molecule has 7 heteroatoms. The van der Waals surface area contributed by atoms with Crippen molar-refractivity contribution in [3.8, 4) is 5.75 Å². The summed E-state index contributed by atoms with van der Waals surface area (Å²) in [5.74, 6) is -0.232. The first-order chi connectivity index (χ1) is 15.0. The van der Waals surface area contributed by atoms with Crippen LogP contribution >= 0.6 is 11.6 Å². The minimum atomic E-state index is -0.372. The van der Waals surface area contributed by atoms with Crippen molar-refractivity contribution in [3.05, 3.63) is 88.9 Å². The monoisotopic (exact) mass is 434 g/mol. The smallest absolute Gasteiger partial charge is 0.266 e. The van der Waals surface area contributed by atoms with Gasteiger partial charge in [0, 0.05) is 17.1 Å². The summed E-state index contributed by atoms with van der Waals surface area (Å²) in [5.41, 5.74) is 1.68. The summed E-state index contributed by atoms with van der Waals surface area (Å²) in [5, 5.41) is 3.44. The molecular weight excluding hydrogens is 416 g/mol. The second-order valence-corrected chi connectivity index (χ2v) is 7.43. The van der Waals surface area contributed by atoms with E-state index in [0.717, 1.165) is 4.90 Å². The first-order valence-electron chi connectivity index (χ1n) is 9.79. The third kappa shape index (κ3) is 4.59. The van der Waals surface area contributed by atoms with Crippen LogP contribution in [0, 0.1) is 0 Å². The van der Waals surface area contributed by atoms with Crippen molar-refractivity contribution in [1.29, 1.82) is 0 Å². The fraction of sp³-hybridized carbons (Fsp3) is 0.125. The Balaban J connectivity index is 1.33. The summed E-state index contributed by atoms with van der Waals surface area (Å²) >= 11 is 5.83. The van der Waals surface area contributed by atoms with Gasteiger partial charge in [-0.25, -0.2) is 4.90 Å². The lowest BCUT2D eigenvalue weighted by Gasteiger charge is -2.15. The lowest BCUT2D eigenvalue weighted by atomic mass is 10.1. The van der Waals surface area contributed by atoms with E-state index in [-0.39, 0.29) is 24.1 Å². The predicted octanol–water partition coefficient (Wildman–Crippen LogP) is 4.94. The van der Waals surface area contributed by atoms with Gasteiger partial charge in [-0.05, 0) is 61.0 Å². The van der Waals surface area contributed by atoms with Gasteiger partial charge in [0.1, 0.15) is 5.75 Å². The summed E-state index contributed by atoms with van der Waals surface area (Å²) in [6, 6.07) is 20.4. The Morgan fingerprint density at radius 2 is 1.58 bits per heavy atom. The Morgan fingerprint density at radius 1 is 0.903 bits per heavy atom. The van der Waals surface area contributed by atoms with E-state index in [1.807, 2.05) is 0 Å². The quantitative estimate of drug-likeness (QED) is 0.422. The van der Waals surface area contributed by atoms with Gasteiger partial charge in [-0.15, -0.1) is 0 Å². The maximum atomic E-state index is 12.6. The molecule has 0 spiro atoms. The van der Waals surface area contributed by atoms with Gasteiger partial charge < -0.3 is 10.1 Å². The highest BCUT2D eigenvalue weighted by atomic mass is 35.5. The van der Waals surface area contributed by atoms with Crippen LogP contribution in [0.15, 0.2) is 72.8 Å². The number of hydrogen-bond acceptors (Lipinski definition) is 4. The van der Waals surface area contributed by atoms with Crippen molar-refractivity contribution in [2.45, 2.75) is 12.8 Å². The molecule has 3 aromatic rings. The van der Waals surface area contributed by atoms with E-state index < -0.39 is 0 Å². The number of imide groups is 1. The van der Waals surface area contributed by atoms with Gasteiger partial charge in [-0.1, -0.05) is 29.8 Å². The molecule has 0 bridgehead atoms. The van der Waals surface area contributed by atoms with Crippen LogP contribution in [0.1, 0.15) is 33.6 Å². The fourth-order valence-corrected chi connectivity index (χ4v) is 3.45. The second-order valence-electron chi connectivity index (χ2n) is 7.00. The minimum Gasteiger partial charge on any atom is -0.494 e. The molecular formula is C24H19ClN2O4. The number of nitrogens with zero attached hydrogens (tertiary/aromatic N) is 1. The Hall–Kier alpha value is -3.64. The maximum absolute atomic E-state index is 12.6. The van der Waals surface area contributed by atoms with Crippen molar-refractivity contribution >= 4 is 40.7 Å². The molecule has 3 amide bonds. The van der Waals surface area contributed by atoms with Crippen LogP contribution in [-0.2, 0) is 4.79 Å². The molecule has 0 saturated carbocycles. The Labute approximate surface area is 184 Å². The van der Waals surface area contributed by atoms with E-state index in [2.05, 4.69) is 5.32 Å². The molecule has 4 rings (SSSR count). The van der Waals surface area contributed by atoms with E-state index in [9.17, 15) is 14.4 Å². The highest BCUT2D eigenvalue weighted by Gasteiger charge is 2.36. The van der Waals surface area contributed by atoms with E-state index >= 15 is 0 Å². The number of amides is 3. The van der Waals surface area contributed by atoms with E-state index in [1.54, 1.807) is 72.8 Å². The van der Waals surface area contributed by atoms with Crippen molar-refractivity contribution in [2.24, 2.45) is 0 Å². The number of nitrogens with one attached hydrogen (secondary N) is 1. The van der Waals surface area contributed by atoms with Gasteiger partial charge in [-0.3, -0.25) is 14.4 Å². The van der Waals surface area contributed by atoms with Crippen LogP contribution in [-0.4, -0.2) is 24.3 Å². The van der Waals surface area contributed by atoms with Crippen molar-refractivity contribution < 1.29 is 19.1 Å². The number of hydrogen-bond donors (Lipinski definition) is 1. The molecule has 0 radical (unpaired) electrons. The average molecular weight is 435 g/mol. The number of ether oxygens (including phenoxy) is 1. The van der Waals surface area contributed by atoms with Crippen LogP contribution in [0.25, 0.3) is 0 Å². The first kappa shape index (κ1) is 20.6. The number of carbonyl (C=O) groups excluding carboxylic acids is 3. The van der Waals surface area contributed by atoms with Crippen molar-refractivity contribution in [3.63, 3.8) is 0 Å². The van der Waals surface area contributed by atoms with Crippen LogP contribution in [0.3, 0.4) is 0 Å². The van der Waals surface area contributed by atoms with Crippen LogP contribution in [0.4, 0.5) is 11.4 Å². The largest absolute Gasteiger partial charge is 0.494 e. The van der Waals surface area contributed by atoms with Gasteiger partial charge >= 0.3 is 0 Å². The average Bonchev–Trinajstić information content (AvgIpc) is 3.03. The van der Waals surface area contributed by atoms with Crippen molar-refractivity contribution in [1.82, 2.24) is 0 Å². The number of benzene rings is 3. The first-order valence-corrected chi connectivity index (χ1v) is 10.2. The molecule has 0 saturated heterocycles. The molecule has 0 atom stereocenters. The lowest BCUT2D eigenvalue weighted by Crippen LogP contribution is -2.29. The van der Waals surface area contributed by atoms with Crippen LogP contribution in [0.2, 0.25) is 5.02 Å². The van der Waals surface area contributed by atoms with Gasteiger partial charge in [0.25, 0.3) is 11.8 Å². The third-order valence-electron chi connectivity index (χ3n) is 4.81. The molecule has 31 heavy (non-hydrogen) atoms. The standard InChI is InChI=1S/C24H19ClN2O4/c25-16-10-12-19(13-11-16)31-14-4-9-22(28)26-17-5-3-6-18(15-17)27-23(29)20-7-1-2-8-21(20)24(27)30/h1-3,5-8,10-13,15H,4,9,14H2,(H,26,28). The second kappa shape index (κ2) is 9.02. The Bertz CT molecular complexity index is 1110. The zero-order valence-electron chi connectivity index (χ0n) is 16.5. The SMILES string of the molecule is O=C(CCCOc1ccc(Cl)cc1)Nc1cccc(N2C(=O)c3ccccc3C2=O)c1. The van der Waals surface area contributed by atoms with E-state index in [0.29, 0.717) is 46.3 Å². The van der Waals surface area contributed by atoms with Gasteiger partial charge in [0.2, 0.25) is 5.91 Å². The Kier molecular flexibility index (Phi) is 6.00. The van der Waals surface area contributed by atoms with Gasteiger partial charge in [0.15, 0.2) is 0 Å². The summed E-state index contributed by atoms with van der Waals surface area (Å²) in [6.07, 6.45) is 0.803. The van der Waals surface area contributed by atoms with Gasteiger partial charge in [-0.2, -0.15) is 0 Å². The summed E-state index contributed by atoms with van der Waals surface area (Å²) < 4.78 is 5.58. The normalized spacial score (nSPS) is 12.6. The molecule has 0 aromatic heterocycles. The number of anilines is 2. The molecule has 0 fully saturated rings. The highest BCUT2D eigenvalue weighted by molar-refractivity contribution is 6.34. The number of fused-ring (bicyclic) bond motifs is 1. The molecule has 1 aliphatic rings. The fourth-order valence-electron chi connectivity index (χ4n) is 3.32. The zero-order valence-corrected chi connectivity index (χ0v) is 17.3. The summed E-state index contributed by atoms with van der Waals surface area (Å²) in [7, 11) is 0. The molecule has 1 aliphatic heterocycles. The molecule has 156 valence electrons. The topological polar surface area (TPSA) is 75.7 Å². The van der Waals surface area contributed by atoms with Gasteiger partial charge in [0.05, 0.1) is 23.4 Å². The van der Waals surface area contributed by atoms with Crippen molar-refractivity contribution in [2.75, 3.05) is 16.8 Å². The van der Waals surface area contributed by atoms with Crippen LogP contribution in [0.5, 0.6) is 5.75 Å². The maximum Gasteiger partial charge on any atom is 0.266 e. The number of carbonyl (C=O) groups is 3. The Morgan fingerprint density at radius 3 is 2.26 bits per heavy atom. The zero-order chi connectivity index (χ0) is 21.8. The molecule has 1 heterocycles. The third-order valence-corrected chi connectivity index (χ3v) is 5.06. The molecule has 6 nitrogen and oxygen atoms in total. The molecule has 0 unspecified atom stereocenters. The minimum absolute atomic E-state index is 0.181. The number of rotatable bonds is 7. The van der Waals surface area contributed by atoms with Crippen LogP contribution < -0.4 is 15.0 Å². The molecule has 1 N–H and O–H groups in total. The molecule has 3 aromatic carbocycles. The van der Waals surface area contributed by atoms with E-state index in [4.69, 9.17) is 16.3 Å². The number of halogens is 1. The van der Waals surface area contributed by atoms with E-state index in [1.165, 1.54) is 0 Å². The summed E-state index contributed by atoms with van der Waals surface area (Å²) in [4.78, 5) is 38.7. The lowest BCUT2D eigenvalue weighted by molar-refractivity contribution is -0.116. The predicted molar refractivity (Wildman–Crippen MR) is 119 cm³/mol. The summed E-state index contributed by atoms with van der Waals surface area (Å²) in [6.45, 7) is 0.393.